The number of carbonyl (C=O) groups is 2. The van der Waals surface area contributed by atoms with Crippen LogP contribution in [0.1, 0.15) is 30.4 Å². The Balaban J connectivity index is 2.16. The lowest BCUT2D eigenvalue weighted by Gasteiger charge is -2.29. The van der Waals surface area contributed by atoms with Gasteiger partial charge in [-0.05, 0) is 31.0 Å². The van der Waals surface area contributed by atoms with Gasteiger partial charge in [-0.1, -0.05) is 37.3 Å². The van der Waals surface area contributed by atoms with E-state index in [1.165, 1.54) is 4.90 Å². The van der Waals surface area contributed by atoms with E-state index in [1.54, 1.807) is 23.9 Å². The number of urea groups is 1. The van der Waals surface area contributed by atoms with E-state index in [0.29, 0.717) is 19.6 Å². The fourth-order valence-electron chi connectivity index (χ4n) is 2.85. The second-order valence-corrected chi connectivity index (χ2v) is 6.85. The number of aryl methyl sites for hydroxylation is 1. The summed E-state index contributed by atoms with van der Waals surface area (Å²) in [6, 6.07) is 13.4. The highest BCUT2D eigenvalue weighted by Crippen LogP contribution is 2.14. The Hall–Kier alpha value is -2.76. The van der Waals surface area contributed by atoms with Crippen molar-refractivity contribution in [1.82, 2.24) is 14.7 Å². The minimum absolute atomic E-state index is 0.0530. The van der Waals surface area contributed by atoms with Gasteiger partial charge in [0, 0.05) is 27.2 Å². The monoisotopic (exact) mass is 371 g/mol. The van der Waals surface area contributed by atoms with Crippen LogP contribution in [0, 0.1) is 6.92 Å². The molecule has 0 spiro atoms. The van der Waals surface area contributed by atoms with E-state index in [9.17, 15) is 9.59 Å². The number of hydrogen-bond donors (Lipinski definition) is 0. The van der Waals surface area contributed by atoms with Crippen molar-refractivity contribution in [3.8, 4) is 0 Å². The molecule has 0 radical (unpaired) electrons. The zero-order valence-electron chi connectivity index (χ0n) is 16.6. The van der Waals surface area contributed by atoms with E-state index in [0.717, 1.165) is 23.5 Å². The minimum atomic E-state index is -0.154. The van der Waals surface area contributed by atoms with Crippen molar-refractivity contribution in [2.75, 3.05) is 27.2 Å². The van der Waals surface area contributed by atoms with E-state index in [2.05, 4.69) is 0 Å². The molecule has 27 heavy (non-hydrogen) atoms. The highest BCUT2D eigenvalue weighted by molar-refractivity contribution is 5.84. The van der Waals surface area contributed by atoms with Gasteiger partial charge in [0.25, 0.3) is 0 Å². The van der Waals surface area contributed by atoms with E-state index in [4.69, 9.17) is 4.42 Å². The average Bonchev–Trinajstić information content (AvgIpc) is 3.05. The van der Waals surface area contributed by atoms with E-state index in [1.807, 2.05) is 56.3 Å². The summed E-state index contributed by atoms with van der Waals surface area (Å²) in [6.45, 7) is 5.31. The maximum atomic E-state index is 13.0. The number of hydrogen-bond acceptors (Lipinski definition) is 3. The molecule has 146 valence electrons. The largest absolute Gasteiger partial charge is 0.464 e. The number of rotatable bonds is 8. The quantitative estimate of drug-likeness (QED) is 0.713. The first kappa shape index (κ1) is 20.6. The molecule has 0 bridgehead atoms. The van der Waals surface area contributed by atoms with E-state index >= 15 is 0 Å². The van der Waals surface area contributed by atoms with Crippen molar-refractivity contribution in [2.24, 2.45) is 0 Å². The van der Waals surface area contributed by atoms with Crippen molar-refractivity contribution in [3.63, 3.8) is 0 Å². The van der Waals surface area contributed by atoms with Crippen LogP contribution in [-0.2, 0) is 17.9 Å². The summed E-state index contributed by atoms with van der Waals surface area (Å²) >= 11 is 0. The summed E-state index contributed by atoms with van der Waals surface area (Å²) in [5, 5.41) is 0. The SMILES string of the molecule is CCCN(CC(=O)N(Cc1ccccc1)Cc1ccc(C)o1)C(=O)N(C)C. The number of furan rings is 1. The van der Waals surface area contributed by atoms with Gasteiger partial charge in [0.1, 0.15) is 18.1 Å². The fourth-order valence-corrected chi connectivity index (χ4v) is 2.85. The molecule has 0 saturated carbocycles. The van der Waals surface area contributed by atoms with Gasteiger partial charge in [-0.2, -0.15) is 0 Å². The Bertz CT molecular complexity index is 740. The van der Waals surface area contributed by atoms with Gasteiger partial charge in [-0.15, -0.1) is 0 Å². The molecule has 0 fully saturated rings. The Labute approximate surface area is 161 Å². The molecule has 2 aromatic rings. The predicted octanol–water partition coefficient (Wildman–Crippen LogP) is 3.51. The lowest BCUT2D eigenvalue weighted by Crippen LogP contribution is -2.46. The first-order valence-electron chi connectivity index (χ1n) is 9.24. The number of carbonyl (C=O) groups excluding carboxylic acids is 2. The summed E-state index contributed by atoms with van der Waals surface area (Å²) in [7, 11) is 3.39. The lowest BCUT2D eigenvalue weighted by molar-refractivity contribution is -0.133. The fraction of sp³-hybridized carbons (Fsp3) is 0.429. The molecule has 1 aromatic heterocycles. The third-order valence-electron chi connectivity index (χ3n) is 4.18. The van der Waals surface area contributed by atoms with E-state index in [-0.39, 0.29) is 18.5 Å². The van der Waals surface area contributed by atoms with Crippen LogP contribution < -0.4 is 0 Å². The highest BCUT2D eigenvalue weighted by Gasteiger charge is 2.23. The van der Waals surface area contributed by atoms with Gasteiger partial charge in [-0.25, -0.2) is 4.79 Å². The van der Waals surface area contributed by atoms with Gasteiger partial charge in [0.05, 0.1) is 6.54 Å². The maximum Gasteiger partial charge on any atom is 0.319 e. The Kier molecular flexibility index (Phi) is 7.46. The molecule has 1 aromatic carbocycles. The third-order valence-corrected chi connectivity index (χ3v) is 4.18. The van der Waals surface area contributed by atoms with Crippen molar-refractivity contribution in [2.45, 2.75) is 33.4 Å². The molecular weight excluding hydrogens is 342 g/mol. The van der Waals surface area contributed by atoms with Crippen LogP contribution in [0.2, 0.25) is 0 Å². The second-order valence-electron chi connectivity index (χ2n) is 6.85. The molecule has 0 atom stereocenters. The molecule has 0 aliphatic heterocycles. The molecular formula is C21H29N3O3. The molecule has 1 heterocycles. The molecule has 0 unspecified atom stereocenters. The normalized spacial score (nSPS) is 10.5. The summed E-state index contributed by atoms with van der Waals surface area (Å²) in [5.41, 5.74) is 1.04. The van der Waals surface area contributed by atoms with Gasteiger partial charge in [0.15, 0.2) is 0 Å². The lowest BCUT2D eigenvalue weighted by atomic mass is 10.2. The molecule has 2 rings (SSSR count). The molecule has 0 aliphatic carbocycles. The van der Waals surface area contributed by atoms with Crippen LogP contribution in [-0.4, -0.2) is 53.8 Å². The number of benzene rings is 1. The third kappa shape index (κ3) is 6.16. The number of amides is 3. The van der Waals surface area contributed by atoms with E-state index < -0.39 is 0 Å². The first-order valence-corrected chi connectivity index (χ1v) is 9.24. The maximum absolute atomic E-state index is 13.0. The van der Waals surface area contributed by atoms with Crippen molar-refractivity contribution < 1.29 is 14.0 Å². The minimum Gasteiger partial charge on any atom is -0.464 e. The summed E-state index contributed by atoms with van der Waals surface area (Å²) < 4.78 is 5.66. The van der Waals surface area contributed by atoms with Crippen molar-refractivity contribution in [3.05, 3.63) is 59.5 Å². The summed E-state index contributed by atoms with van der Waals surface area (Å²) in [4.78, 5) is 30.2. The van der Waals surface area contributed by atoms with Crippen molar-refractivity contribution >= 4 is 11.9 Å². The molecule has 6 heteroatoms. The Morgan fingerprint density at radius 1 is 0.963 bits per heavy atom. The van der Waals surface area contributed by atoms with Crippen molar-refractivity contribution in [1.29, 1.82) is 0 Å². The van der Waals surface area contributed by atoms with Crippen LogP contribution in [0.15, 0.2) is 46.9 Å². The molecule has 0 saturated heterocycles. The van der Waals surface area contributed by atoms with Gasteiger partial charge < -0.3 is 19.1 Å². The topological polar surface area (TPSA) is 57.0 Å². The van der Waals surface area contributed by atoms with Crippen LogP contribution in [0.25, 0.3) is 0 Å². The van der Waals surface area contributed by atoms with Gasteiger partial charge in [0.2, 0.25) is 5.91 Å². The van der Waals surface area contributed by atoms with Crippen LogP contribution in [0.4, 0.5) is 4.79 Å². The average molecular weight is 371 g/mol. The highest BCUT2D eigenvalue weighted by atomic mass is 16.3. The number of nitrogens with zero attached hydrogens (tertiary/aromatic N) is 3. The summed E-state index contributed by atoms with van der Waals surface area (Å²) in [5.74, 6) is 1.45. The standard InChI is InChI=1S/C21H29N3O3/c1-5-13-23(21(26)22(3)4)16-20(25)24(14-18-9-7-6-8-10-18)15-19-12-11-17(2)27-19/h6-12H,5,13-16H2,1-4H3. The molecule has 6 nitrogen and oxygen atoms in total. The van der Waals surface area contributed by atoms with Gasteiger partial charge in [-0.3, -0.25) is 4.79 Å². The summed E-state index contributed by atoms with van der Waals surface area (Å²) in [6.07, 6.45) is 0.795. The molecule has 0 N–H and O–H groups in total. The van der Waals surface area contributed by atoms with Crippen LogP contribution >= 0.6 is 0 Å². The second kappa shape index (κ2) is 9.80. The zero-order chi connectivity index (χ0) is 19.8. The first-order chi connectivity index (χ1) is 12.9. The smallest absolute Gasteiger partial charge is 0.319 e. The Morgan fingerprint density at radius 3 is 2.22 bits per heavy atom. The van der Waals surface area contributed by atoms with Gasteiger partial charge >= 0.3 is 6.03 Å². The van der Waals surface area contributed by atoms with Crippen LogP contribution in [0.5, 0.6) is 0 Å². The Morgan fingerprint density at radius 2 is 1.67 bits per heavy atom. The van der Waals surface area contributed by atoms with Crippen LogP contribution in [0.3, 0.4) is 0 Å². The molecule has 3 amide bonds. The predicted molar refractivity (Wildman–Crippen MR) is 105 cm³/mol. The molecule has 0 aliphatic rings. The zero-order valence-corrected chi connectivity index (χ0v) is 16.6.